The van der Waals surface area contributed by atoms with Crippen LogP contribution >= 0.6 is 11.3 Å². The zero-order valence-corrected chi connectivity index (χ0v) is 19.3. The Hall–Kier alpha value is -3.36. The summed E-state index contributed by atoms with van der Waals surface area (Å²) in [5.74, 6) is -0.0504. The lowest BCUT2D eigenvalue weighted by Gasteiger charge is -2.34. The first-order chi connectivity index (χ1) is 16.1. The molecule has 3 heterocycles. The van der Waals surface area contributed by atoms with Gasteiger partial charge in [0.1, 0.15) is 11.6 Å². The summed E-state index contributed by atoms with van der Waals surface area (Å²) < 4.78 is 1.41. The summed E-state index contributed by atoms with van der Waals surface area (Å²) in [6.45, 7) is 5.58. The fourth-order valence-electron chi connectivity index (χ4n) is 4.17. The predicted molar refractivity (Wildman–Crippen MR) is 130 cm³/mol. The summed E-state index contributed by atoms with van der Waals surface area (Å²) in [6.07, 6.45) is 1.48. The second-order valence-corrected chi connectivity index (χ2v) is 9.17. The number of carbonyl (C=O) groups excluding carboxylic acids is 1. The highest BCUT2D eigenvalue weighted by Gasteiger charge is 2.22. The molecule has 168 valence electrons. The summed E-state index contributed by atoms with van der Waals surface area (Å²) in [5, 5.41) is 3.69. The molecule has 8 heteroatoms. The molecule has 7 nitrogen and oxygen atoms in total. The van der Waals surface area contributed by atoms with E-state index in [4.69, 9.17) is 4.98 Å². The average molecular weight is 460 g/mol. The number of fused-ring (bicyclic) bond motifs is 1. The lowest BCUT2D eigenvalue weighted by Crippen LogP contribution is -2.49. The summed E-state index contributed by atoms with van der Waals surface area (Å²) in [4.78, 5) is 39.0. The highest BCUT2D eigenvalue weighted by molar-refractivity contribution is 7.13. The van der Waals surface area contributed by atoms with Crippen LogP contribution in [0.4, 0.5) is 0 Å². The summed E-state index contributed by atoms with van der Waals surface area (Å²) >= 11 is 1.66. The van der Waals surface area contributed by atoms with Crippen molar-refractivity contribution in [2.24, 2.45) is 0 Å². The number of rotatable bonds is 5. The van der Waals surface area contributed by atoms with Crippen molar-refractivity contribution in [2.45, 2.75) is 20.0 Å². The number of thiazole rings is 1. The third-order valence-corrected chi connectivity index (χ3v) is 6.98. The number of hydrogen-bond acceptors (Lipinski definition) is 6. The molecule has 33 heavy (non-hydrogen) atoms. The monoisotopic (exact) mass is 459 g/mol. The van der Waals surface area contributed by atoms with Gasteiger partial charge in [-0.2, -0.15) is 0 Å². The Morgan fingerprint density at radius 1 is 1.03 bits per heavy atom. The lowest BCUT2D eigenvalue weighted by molar-refractivity contribution is -0.133. The number of aryl methyl sites for hydroxylation is 1. The van der Waals surface area contributed by atoms with Gasteiger partial charge in [-0.25, -0.2) is 9.97 Å². The van der Waals surface area contributed by atoms with E-state index in [9.17, 15) is 9.59 Å². The van der Waals surface area contributed by atoms with Crippen molar-refractivity contribution < 1.29 is 4.79 Å². The van der Waals surface area contributed by atoms with E-state index in [-0.39, 0.29) is 18.0 Å². The Labute approximate surface area is 195 Å². The molecule has 2 aromatic carbocycles. The first kappa shape index (κ1) is 21.5. The van der Waals surface area contributed by atoms with Gasteiger partial charge in [-0.1, -0.05) is 42.5 Å². The van der Waals surface area contributed by atoms with Crippen LogP contribution in [0.3, 0.4) is 0 Å². The maximum atomic E-state index is 12.9. The van der Waals surface area contributed by atoms with Gasteiger partial charge in [-0.05, 0) is 18.6 Å². The van der Waals surface area contributed by atoms with Crippen molar-refractivity contribution >= 4 is 28.1 Å². The van der Waals surface area contributed by atoms with Crippen LogP contribution in [-0.2, 0) is 17.9 Å². The van der Waals surface area contributed by atoms with E-state index in [0.29, 0.717) is 24.0 Å². The van der Waals surface area contributed by atoms with Gasteiger partial charge in [0.05, 0.1) is 22.9 Å². The third-order valence-electron chi connectivity index (χ3n) is 6.04. The van der Waals surface area contributed by atoms with Gasteiger partial charge in [0.2, 0.25) is 5.91 Å². The van der Waals surface area contributed by atoms with Gasteiger partial charge < -0.3 is 4.90 Å². The first-order valence-corrected chi connectivity index (χ1v) is 11.9. The smallest absolute Gasteiger partial charge is 0.261 e. The van der Waals surface area contributed by atoms with E-state index >= 15 is 0 Å². The van der Waals surface area contributed by atoms with Crippen molar-refractivity contribution in [3.8, 4) is 10.6 Å². The molecule has 0 aliphatic carbocycles. The molecule has 0 bridgehead atoms. The Kier molecular flexibility index (Phi) is 6.02. The number of carbonyl (C=O) groups is 1. The zero-order valence-electron chi connectivity index (χ0n) is 18.5. The minimum atomic E-state index is -0.173. The van der Waals surface area contributed by atoms with Crippen molar-refractivity contribution in [3.63, 3.8) is 0 Å². The van der Waals surface area contributed by atoms with Crippen molar-refractivity contribution in [1.82, 2.24) is 24.3 Å². The van der Waals surface area contributed by atoms with Crippen LogP contribution in [-0.4, -0.2) is 56.4 Å². The molecule has 5 rings (SSSR count). The van der Waals surface area contributed by atoms with Gasteiger partial charge in [0.25, 0.3) is 5.56 Å². The van der Waals surface area contributed by atoms with Crippen LogP contribution in [0.25, 0.3) is 21.5 Å². The number of piperazine rings is 1. The van der Waals surface area contributed by atoms with Crippen LogP contribution in [0.5, 0.6) is 0 Å². The first-order valence-electron chi connectivity index (χ1n) is 11.0. The third kappa shape index (κ3) is 4.58. The molecule has 1 amide bonds. The maximum Gasteiger partial charge on any atom is 0.261 e. The molecular formula is C25H25N5O2S. The van der Waals surface area contributed by atoms with Gasteiger partial charge in [0, 0.05) is 43.7 Å². The van der Waals surface area contributed by atoms with Crippen LogP contribution in [0, 0.1) is 6.92 Å². The minimum Gasteiger partial charge on any atom is -0.339 e. The molecule has 0 unspecified atom stereocenters. The molecule has 0 atom stereocenters. The van der Waals surface area contributed by atoms with E-state index < -0.39 is 0 Å². The van der Waals surface area contributed by atoms with Crippen LogP contribution < -0.4 is 5.56 Å². The standard InChI is InChI=1S/C25H25N5O2S/c1-18-6-5-9-21-23(18)26-17-30(25(21)32)15-22(31)29-12-10-28(11-13-29)14-20-16-33-24(27-20)19-7-3-2-4-8-19/h2-9,16-17H,10-15H2,1H3. The second kappa shape index (κ2) is 9.25. The molecule has 1 fully saturated rings. The molecule has 0 saturated carbocycles. The largest absolute Gasteiger partial charge is 0.339 e. The number of hydrogen-bond donors (Lipinski definition) is 0. The molecule has 1 aliphatic rings. The summed E-state index contributed by atoms with van der Waals surface area (Å²) in [5.41, 5.74) is 3.67. The number of aromatic nitrogens is 3. The fourth-order valence-corrected chi connectivity index (χ4v) is 4.99. The number of nitrogens with zero attached hydrogens (tertiary/aromatic N) is 5. The average Bonchev–Trinajstić information content (AvgIpc) is 3.31. The Morgan fingerprint density at radius 2 is 1.82 bits per heavy atom. The van der Waals surface area contributed by atoms with Crippen molar-refractivity contribution in [1.29, 1.82) is 0 Å². The van der Waals surface area contributed by atoms with Crippen LogP contribution in [0.1, 0.15) is 11.3 Å². The molecule has 0 N–H and O–H groups in total. The maximum absolute atomic E-state index is 12.9. The van der Waals surface area contributed by atoms with E-state index in [1.807, 2.05) is 42.2 Å². The van der Waals surface area contributed by atoms with E-state index in [2.05, 4.69) is 27.4 Å². The Bertz CT molecular complexity index is 1340. The van der Waals surface area contributed by atoms with Crippen LogP contribution in [0.2, 0.25) is 0 Å². The number of amides is 1. The topological polar surface area (TPSA) is 71.3 Å². The highest BCUT2D eigenvalue weighted by Crippen LogP contribution is 2.24. The van der Waals surface area contributed by atoms with Crippen molar-refractivity contribution in [2.75, 3.05) is 26.2 Å². The van der Waals surface area contributed by atoms with E-state index in [1.54, 1.807) is 17.4 Å². The molecule has 0 spiro atoms. The molecule has 1 saturated heterocycles. The molecule has 0 radical (unpaired) electrons. The highest BCUT2D eigenvalue weighted by atomic mass is 32.1. The molecular weight excluding hydrogens is 434 g/mol. The number of benzene rings is 2. The lowest BCUT2D eigenvalue weighted by atomic mass is 10.1. The Morgan fingerprint density at radius 3 is 2.61 bits per heavy atom. The summed E-state index contributed by atoms with van der Waals surface area (Å²) in [6, 6.07) is 15.7. The second-order valence-electron chi connectivity index (χ2n) is 8.32. The molecule has 2 aromatic heterocycles. The van der Waals surface area contributed by atoms with E-state index in [0.717, 1.165) is 41.5 Å². The zero-order chi connectivity index (χ0) is 22.8. The molecule has 4 aromatic rings. The normalized spacial score (nSPS) is 14.6. The van der Waals surface area contributed by atoms with Crippen LogP contribution in [0.15, 0.2) is 65.0 Å². The number of para-hydroxylation sites is 1. The van der Waals surface area contributed by atoms with E-state index in [1.165, 1.54) is 10.9 Å². The molecule has 1 aliphatic heterocycles. The van der Waals surface area contributed by atoms with Gasteiger partial charge in [0.15, 0.2) is 0 Å². The SMILES string of the molecule is Cc1cccc2c(=O)n(CC(=O)N3CCN(Cc4csc(-c5ccccc5)n4)CC3)cnc12. The quantitative estimate of drug-likeness (QED) is 0.458. The fraction of sp³-hybridized carbons (Fsp3) is 0.280. The van der Waals surface area contributed by atoms with Gasteiger partial charge >= 0.3 is 0 Å². The minimum absolute atomic E-state index is 0.0161. The predicted octanol–water partition coefficient (Wildman–Crippen LogP) is 3.17. The summed E-state index contributed by atoms with van der Waals surface area (Å²) in [7, 11) is 0. The van der Waals surface area contributed by atoms with Gasteiger partial charge in [-0.15, -0.1) is 11.3 Å². The van der Waals surface area contributed by atoms with Crippen molar-refractivity contribution in [3.05, 3.63) is 81.8 Å². The van der Waals surface area contributed by atoms with Gasteiger partial charge in [-0.3, -0.25) is 19.1 Å². The Balaban J connectivity index is 1.18.